The van der Waals surface area contributed by atoms with Crippen LogP contribution in [-0.2, 0) is 0 Å². The second-order valence-electron chi connectivity index (χ2n) is 8.11. The van der Waals surface area contributed by atoms with E-state index in [1.807, 2.05) is 0 Å². The Morgan fingerprint density at radius 2 is 1.42 bits per heavy atom. The largest absolute Gasteiger partial charge is 0.296 e. The van der Waals surface area contributed by atoms with Crippen LogP contribution in [0.2, 0.25) is 0 Å². The van der Waals surface area contributed by atoms with Gasteiger partial charge in [-0.05, 0) is 68.4 Å². The fraction of sp³-hybridized carbons (Fsp3) is 0.938. The van der Waals surface area contributed by atoms with Crippen LogP contribution in [-0.4, -0.2) is 34.1 Å². The molecule has 0 spiro atoms. The normalized spacial score (nSPS) is 25.2. The van der Waals surface area contributed by atoms with Crippen molar-refractivity contribution in [1.82, 2.24) is 10.2 Å². The quantitative estimate of drug-likeness (QED) is 0.789. The van der Waals surface area contributed by atoms with Gasteiger partial charge in [0.25, 0.3) is 0 Å². The van der Waals surface area contributed by atoms with Crippen molar-refractivity contribution in [2.24, 2.45) is 0 Å². The number of nitrogens with zero attached hydrogens (tertiary/aromatic N) is 2. The Hall–Kier alpha value is -0.590. The maximum Gasteiger partial charge on any atom is 0.110 e. The molecule has 1 N–H and O–H groups in total. The summed E-state index contributed by atoms with van der Waals surface area (Å²) in [6.07, 6.45) is 1.71. The van der Waals surface area contributed by atoms with E-state index in [2.05, 4.69) is 71.8 Å². The summed E-state index contributed by atoms with van der Waals surface area (Å²) in [6, 6.07) is 2.57. The van der Waals surface area contributed by atoms with Crippen molar-refractivity contribution in [3.63, 3.8) is 0 Å². The van der Waals surface area contributed by atoms with Crippen LogP contribution in [0.1, 0.15) is 68.7 Å². The van der Waals surface area contributed by atoms with Crippen molar-refractivity contribution in [2.75, 3.05) is 7.05 Å². The zero-order valence-electron chi connectivity index (χ0n) is 13.3. The van der Waals surface area contributed by atoms with Gasteiger partial charge in [-0.25, -0.2) is 0 Å². The lowest BCUT2D eigenvalue weighted by Crippen LogP contribution is -2.69. The molecule has 0 aromatic rings. The number of likely N-dealkylation sites (tertiary alicyclic amines) is 1. The number of hydrogen-bond acceptors (Lipinski definition) is 3. The first-order valence-electron chi connectivity index (χ1n) is 6.78. The van der Waals surface area contributed by atoms with E-state index in [-0.39, 0.29) is 24.0 Å². The van der Waals surface area contributed by atoms with Crippen molar-refractivity contribution in [2.45, 2.75) is 90.9 Å². The lowest BCUT2D eigenvalue weighted by molar-refractivity contribution is -0.0407. The molecule has 3 nitrogen and oxygen atoms in total. The molecular weight excluding hydrogens is 234 g/mol. The predicted molar refractivity (Wildman–Crippen MR) is 83.1 cm³/mol. The third-order valence-corrected chi connectivity index (χ3v) is 4.11. The van der Waals surface area contributed by atoms with E-state index in [0.717, 1.165) is 12.8 Å². The molecule has 3 heteroatoms. The lowest BCUT2D eigenvalue weighted by atomic mass is 9.69. The zero-order chi connectivity index (χ0) is 14.4. The molecule has 0 saturated carbocycles. The maximum atomic E-state index is 9.72. The smallest absolute Gasteiger partial charge is 0.110 e. The fourth-order valence-corrected chi connectivity index (χ4v) is 3.51. The molecule has 19 heavy (non-hydrogen) atoms. The van der Waals surface area contributed by atoms with Gasteiger partial charge in [-0.1, -0.05) is 7.43 Å². The average Bonchev–Trinajstić information content (AvgIpc) is 2.10. The average molecular weight is 267 g/mol. The van der Waals surface area contributed by atoms with Crippen LogP contribution in [0.3, 0.4) is 0 Å². The van der Waals surface area contributed by atoms with Gasteiger partial charge in [0.15, 0.2) is 0 Å². The van der Waals surface area contributed by atoms with Crippen LogP contribution >= 0.6 is 0 Å². The van der Waals surface area contributed by atoms with Crippen LogP contribution in [0, 0.1) is 11.3 Å². The van der Waals surface area contributed by atoms with E-state index in [9.17, 15) is 5.26 Å². The maximum absolute atomic E-state index is 9.72. The molecule has 1 rings (SSSR count). The Morgan fingerprint density at radius 3 is 1.68 bits per heavy atom. The van der Waals surface area contributed by atoms with Crippen molar-refractivity contribution < 1.29 is 0 Å². The molecule has 1 aliphatic heterocycles. The van der Waals surface area contributed by atoms with Gasteiger partial charge in [0.2, 0.25) is 0 Å². The highest BCUT2D eigenvalue weighted by Crippen LogP contribution is 2.42. The van der Waals surface area contributed by atoms with Crippen molar-refractivity contribution in [1.29, 1.82) is 5.26 Å². The number of rotatable bonds is 1. The summed E-state index contributed by atoms with van der Waals surface area (Å²) in [5.41, 5.74) is -0.430. The molecule has 112 valence electrons. The highest BCUT2D eigenvalue weighted by atomic mass is 15.3. The molecule has 1 saturated heterocycles. The Bertz CT molecular complexity index is 337. The Kier molecular flexibility index (Phi) is 4.91. The van der Waals surface area contributed by atoms with Crippen molar-refractivity contribution in [3.8, 4) is 6.07 Å². The summed E-state index contributed by atoms with van der Waals surface area (Å²) in [7, 11) is 2.17. The van der Waals surface area contributed by atoms with Gasteiger partial charge in [-0.15, -0.1) is 0 Å². The van der Waals surface area contributed by atoms with Crippen molar-refractivity contribution in [3.05, 3.63) is 0 Å². The SMILES string of the molecule is C.CN1C(C)(C)CC(C#N)(NC(C)(C)C)CC1(C)C. The molecule has 1 fully saturated rings. The first-order valence-corrected chi connectivity index (χ1v) is 6.78. The molecular formula is C16H33N3. The number of piperidine rings is 1. The summed E-state index contributed by atoms with van der Waals surface area (Å²) in [5.74, 6) is 0. The minimum Gasteiger partial charge on any atom is -0.296 e. The van der Waals surface area contributed by atoms with E-state index >= 15 is 0 Å². The van der Waals surface area contributed by atoms with Crippen LogP contribution in [0.25, 0.3) is 0 Å². The van der Waals surface area contributed by atoms with E-state index in [1.165, 1.54) is 0 Å². The van der Waals surface area contributed by atoms with Crippen LogP contribution in [0.15, 0.2) is 0 Å². The molecule has 1 aliphatic rings. The molecule has 0 aromatic heterocycles. The number of nitriles is 1. The Labute approximate surface area is 120 Å². The molecule has 0 aromatic carbocycles. The van der Waals surface area contributed by atoms with Gasteiger partial charge in [0.1, 0.15) is 5.54 Å². The number of hydrogen-bond donors (Lipinski definition) is 1. The summed E-state index contributed by atoms with van der Waals surface area (Å²) in [6.45, 7) is 15.3. The van der Waals surface area contributed by atoms with Crippen LogP contribution < -0.4 is 5.32 Å². The van der Waals surface area contributed by atoms with E-state index < -0.39 is 5.54 Å². The third kappa shape index (κ3) is 3.94. The monoisotopic (exact) mass is 267 g/mol. The third-order valence-electron chi connectivity index (χ3n) is 4.11. The van der Waals surface area contributed by atoms with E-state index in [0.29, 0.717) is 0 Å². The van der Waals surface area contributed by atoms with Gasteiger partial charge < -0.3 is 0 Å². The number of nitrogens with one attached hydrogen (secondary N) is 1. The van der Waals surface area contributed by atoms with Gasteiger partial charge >= 0.3 is 0 Å². The minimum atomic E-state index is -0.433. The highest BCUT2D eigenvalue weighted by Gasteiger charge is 2.52. The fourth-order valence-electron chi connectivity index (χ4n) is 3.51. The molecule has 0 atom stereocenters. The summed E-state index contributed by atoms with van der Waals surface area (Å²) >= 11 is 0. The second-order valence-corrected chi connectivity index (χ2v) is 8.11. The Morgan fingerprint density at radius 1 is 1.05 bits per heavy atom. The highest BCUT2D eigenvalue weighted by molar-refractivity contribution is 5.19. The van der Waals surface area contributed by atoms with Crippen LogP contribution in [0.5, 0.6) is 0 Å². The standard InChI is InChI=1S/C15H29N3.CH4/c1-12(2,3)17-15(11-16)9-13(4,5)18(8)14(6,7)10-15;/h17H,9-10H2,1-8H3;1H4. The van der Waals surface area contributed by atoms with E-state index in [4.69, 9.17) is 0 Å². The van der Waals surface area contributed by atoms with Gasteiger partial charge in [-0.2, -0.15) is 5.26 Å². The molecule has 0 amide bonds. The summed E-state index contributed by atoms with van der Waals surface area (Å²) < 4.78 is 0. The van der Waals surface area contributed by atoms with Crippen molar-refractivity contribution >= 4 is 0 Å². The molecule has 0 radical (unpaired) electrons. The first kappa shape index (κ1) is 18.4. The molecule has 0 aliphatic carbocycles. The van der Waals surface area contributed by atoms with Gasteiger partial charge in [0, 0.05) is 16.6 Å². The van der Waals surface area contributed by atoms with Gasteiger partial charge in [0.05, 0.1) is 6.07 Å². The Balaban J connectivity index is 0.00000324. The second kappa shape index (κ2) is 5.07. The minimum absolute atomic E-state index is 0. The zero-order valence-corrected chi connectivity index (χ0v) is 13.3. The van der Waals surface area contributed by atoms with Gasteiger partial charge in [-0.3, -0.25) is 10.2 Å². The topological polar surface area (TPSA) is 39.1 Å². The van der Waals surface area contributed by atoms with E-state index in [1.54, 1.807) is 0 Å². The summed E-state index contributed by atoms with van der Waals surface area (Å²) in [4.78, 5) is 2.40. The molecule has 1 heterocycles. The lowest BCUT2D eigenvalue weighted by Gasteiger charge is -2.57. The molecule has 0 unspecified atom stereocenters. The first-order chi connectivity index (χ1) is 7.84. The predicted octanol–water partition coefficient (Wildman–Crippen LogP) is 3.56. The van der Waals surface area contributed by atoms with Crippen LogP contribution in [0.4, 0.5) is 0 Å². The molecule has 0 bridgehead atoms. The summed E-state index contributed by atoms with van der Waals surface area (Å²) in [5, 5.41) is 13.3.